The van der Waals surface area contributed by atoms with Crippen molar-refractivity contribution in [3.05, 3.63) is 101 Å². The van der Waals surface area contributed by atoms with Crippen LogP contribution in [-0.4, -0.2) is 22.0 Å². The molecular formula is C29H26N2O4. The highest BCUT2D eigenvalue weighted by Gasteiger charge is 2.48. The monoisotopic (exact) mass is 466 g/mol. The van der Waals surface area contributed by atoms with Crippen LogP contribution in [0.2, 0.25) is 0 Å². The zero-order valence-corrected chi connectivity index (χ0v) is 20.1. The molecule has 0 radical (unpaired) electrons. The lowest BCUT2D eigenvalue weighted by molar-refractivity contribution is -0.132. The van der Waals surface area contributed by atoms with Gasteiger partial charge in [0.05, 0.1) is 11.6 Å². The van der Waals surface area contributed by atoms with Gasteiger partial charge >= 0.3 is 5.91 Å². The number of fused-ring (bicyclic) bond motifs is 1. The number of carbonyl (C=O) groups excluding carboxylic acids is 2. The van der Waals surface area contributed by atoms with E-state index in [1.165, 1.54) is 4.90 Å². The summed E-state index contributed by atoms with van der Waals surface area (Å²) in [6, 6.07) is 21.7. The normalized spacial score (nSPS) is 17.9. The Morgan fingerprint density at radius 2 is 1.63 bits per heavy atom. The first-order valence-electron chi connectivity index (χ1n) is 11.5. The Kier molecular flexibility index (Phi) is 5.32. The molecule has 1 aromatic heterocycles. The number of aliphatic hydroxyl groups is 1. The van der Waals surface area contributed by atoms with E-state index in [2.05, 4.69) is 25.9 Å². The topological polar surface area (TPSA) is 83.6 Å². The summed E-state index contributed by atoms with van der Waals surface area (Å²) < 4.78 is 5.20. The molecule has 1 amide bonds. The molecule has 0 aliphatic carbocycles. The highest BCUT2D eigenvalue weighted by molar-refractivity contribution is 6.51. The zero-order valence-electron chi connectivity index (χ0n) is 20.1. The zero-order chi connectivity index (χ0) is 24.9. The van der Waals surface area contributed by atoms with Crippen LogP contribution < -0.4 is 4.90 Å². The number of anilines is 1. The van der Waals surface area contributed by atoms with Gasteiger partial charge in [-0.2, -0.15) is 0 Å². The minimum Gasteiger partial charge on any atom is -0.507 e. The van der Waals surface area contributed by atoms with E-state index in [-0.39, 0.29) is 22.6 Å². The predicted molar refractivity (Wildman–Crippen MR) is 135 cm³/mol. The number of hydrogen-bond donors (Lipinski definition) is 1. The Labute approximate surface area is 203 Å². The van der Waals surface area contributed by atoms with E-state index >= 15 is 0 Å². The predicted octanol–water partition coefficient (Wildman–Crippen LogP) is 6.06. The van der Waals surface area contributed by atoms with E-state index < -0.39 is 17.7 Å². The fourth-order valence-electron chi connectivity index (χ4n) is 4.51. The molecule has 176 valence electrons. The molecule has 5 rings (SSSR count). The van der Waals surface area contributed by atoms with Crippen LogP contribution in [0.15, 0.2) is 82.9 Å². The number of hydrogen-bond acceptors (Lipinski definition) is 5. The summed E-state index contributed by atoms with van der Waals surface area (Å²) in [6.45, 7) is 8.07. The van der Waals surface area contributed by atoms with Gasteiger partial charge in [0.2, 0.25) is 0 Å². The van der Waals surface area contributed by atoms with Crippen LogP contribution in [0, 0.1) is 6.92 Å². The van der Waals surface area contributed by atoms with E-state index in [9.17, 15) is 14.7 Å². The van der Waals surface area contributed by atoms with Gasteiger partial charge in [0.15, 0.2) is 5.82 Å². The lowest BCUT2D eigenvalue weighted by atomic mass is 9.85. The van der Waals surface area contributed by atoms with Crippen molar-refractivity contribution in [1.82, 2.24) is 5.16 Å². The smallest absolute Gasteiger partial charge is 0.301 e. The lowest BCUT2D eigenvalue weighted by Gasteiger charge is -2.24. The fourth-order valence-corrected chi connectivity index (χ4v) is 4.51. The molecular weight excluding hydrogens is 440 g/mol. The van der Waals surface area contributed by atoms with Crippen molar-refractivity contribution in [1.29, 1.82) is 0 Å². The second-order valence-corrected chi connectivity index (χ2v) is 9.90. The van der Waals surface area contributed by atoms with Crippen molar-refractivity contribution in [3.63, 3.8) is 0 Å². The quantitative estimate of drug-likeness (QED) is 0.225. The average Bonchev–Trinajstić information content (AvgIpc) is 3.38. The number of ketones is 1. The van der Waals surface area contributed by atoms with Gasteiger partial charge in [-0.1, -0.05) is 86.6 Å². The number of amides is 1. The first kappa shape index (κ1) is 22.6. The molecule has 1 saturated heterocycles. The number of nitrogens with zero attached hydrogens (tertiary/aromatic N) is 2. The average molecular weight is 467 g/mol. The minimum atomic E-state index is -0.847. The van der Waals surface area contributed by atoms with Gasteiger partial charge in [-0.15, -0.1) is 0 Å². The second-order valence-electron chi connectivity index (χ2n) is 9.90. The van der Waals surface area contributed by atoms with Crippen LogP contribution in [0.3, 0.4) is 0 Å². The minimum absolute atomic E-state index is 0.0226. The molecule has 35 heavy (non-hydrogen) atoms. The molecule has 1 aliphatic rings. The second kappa shape index (κ2) is 8.24. The Bertz CT molecular complexity index is 1490. The summed E-state index contributed by atoms with van der Waals surface area (Å²) in [4.78, 5) is 27.9. The van der Waals surface area contributed by atoms with Gasteiger partial charge in [0.1, 0.15) is 11.5 Å². The number of carbonyl (C=O) groups is 2. The summed E-state index contributed by atoms with van der Waals surface area (Å²) in [5.41, 5.74) is 2.24. The number of aliphatic hydroxyl groups excluding tert-OH is 1. The molecule has 2 heterocycles. The van der Waals surface area contributed by atoms with Crippen LogP contribution in [-0.2, 0) is 15.0 Å². The summed E-state index contributed by atoms with van der Waals surface area (Å²) >= 11 is 0. The Balaban J connectivity index is 1.70. The highest BCUT2D eigenvalue weighted by atomic mass is 16.5. The molecule has 6 heteroatoms. The van der Waals surface area contributed by atoms with Crippen LogP contribution in [0.25, 0.3) is 16.5 Å². The number of aryl methyl sites for hydroxylation is 1. The molecule has 0 saturated carbocycles. The third-order valence-electron chi connectivity index (χ3n) is 6.42. The fraction of sp³-hybridized carbons (Fsp3) is 0.207. The van der Waals surface area contributed by atoms with Gasteiger partial charge in [-0.25, -0.2) is 0 Å². The molecule has 3 aromatic carbocycles. The standard InChI is InChI=1S/C29H26N2O4/c1-17-15-23(30-35-17)31-25(19-11-13-22(14-12-19)29(2,3)4)24(27(33)28(31)34)26(32)21-10-9-18-7-5-6-8-20(18)16-21/h5-16,25,32H,1-4H3/t25-/m0/s1. The molecule has 6 nitrogen and oxygen atoms in total. The SMILES string of the molecule is Cc1cc(N2C(=O)C(=O)C(=C(O)c3ccc4ccccc4c3)[C@@H]2c2ccc(C(C)(C)C)cc2)no1. The maximum absolute atomic E-state index is 13.3. The molecule has 0 spiro atoms. The number of aromatic nitrogens is 1. The van der Waals surface area contributed by atoms with E-state index in [1.807, 2.05) is 60.7 Å². The van der Waals surface area contributed by atoms with Gasteiger partial charge in [0.25, 0.3) is 5.78 Å². The van der Waals surface area contributed by atoms with E-state index in [0.717, 1.165) is 16.3 Å². The first-order valence-corrected chi connectivity index (χ1v) is 11.5. The van der Waals surface area contributed by atoms with Gasteiger partial charge in [-0.05, 0) is 40.3 Å². The summed E-state index contributed by atoms with van der Waals surface area (Å²) in [6.07, 6.45) is 0. The molecule has 0 bridgehead atoms. The van der Waals surface area contributed by atoms with Crippen molar-refractivity contribution in [3.8, 4) is 0 Å². The van der Waals surface area contributed by atoms with Crippen molar-refractivity contribution in [2.45, 2.75) is 39.2 Å². The maximum Gasteiger partial charge on any atom is 0.301 e. The Hall–Kier alpha value is -4.19. The van der Waals surface area contributed by atoms with Crippen LogP contribution in [0.4, 0.5) is 5.82 Å². The highest BCUT2D eigenvalue weighted by Crippen LogP contribution is 2.42. The number of Topliss-reactive ketones (excluding diaryl/α,β-unsaturated/α-hetero) is 1. The Morgan fingerprint density at radius 3 is 2.26 bits per heavy atom. The lowest BCUT2D eigenvalue weighted by Crippen LogP contribution is -2.29. The molecule has 1 atom stereocenters. The largest absolute Gasteiger partial charge is 0.507 e. The van der Waals surface area contributed by atoms with Gasteiger partial charge in [0, 0.05) is 11.6 Å². The number of rotatable bonds is 3. The van der Waals surface area contributed by atoms with E-state index in [0.29, 0.717) is 16.9 Å². The van der Waals surface area contributed by atoms with Crippen LogP contribution >= 0.6 is 0 Å². The summed E-state index contributed by atoms with van der Waals surface area (Å²) in [5, 5.41) is 17.3. The first-order chi connectivity index (χ1) is 16.6. The third kappa shape index (κ3) is 3.91. The molecule has 4 aromatic rings. The van der Waals surface area contributed by atoms with Crippen molar-refractivity contribution in [2.75, 3.05) is 4.90 Å². The molecule has 1 N–H and O–H groups in total. The van der Waals surface area contributed by atoms with Crippen LogP contribution in [0.1, 0.15) is 49.3 Å². The summed E-state index contributed by atoms with van der Waals surface area (Å²) in [7, 11) is 0. The van der Waals surface area contributed by atoms with Crippen molar-refractivity contribution >= 4 is 34.0 Å². The van der Waals surface area contributed by atoms with E-state index in [1.54, 1.807) is 19.1 Å². The van der Waals surface area contributed by atoms with Crippen LogP contribution in [0.5, 0.6) is 0 Å². The van der Waals surface area contributed by atoms with Crippen molar-refractivity contribution in [2.24, 2.45) is 0 Å². The molecule has 1 aliphatic heterocycles. The third-order valence-corrected chi connectivity index (χ3v) is 6.42. The molecule has 0 unspecified atom stereocenters. The van der Waals surface area contributed by atoms with E-state index in [4.69, 9.17) is 4.52 Å². The van der Waals surface area contributed by atoms with Crippen molar-refractivity contribution < 1.29 is 19.2 Å². The Morgan fingerprint density at radius 1 is 0.943 bits per heavy atom. The molecule has 1 fully saturated rings. The maximum atomic E-state index is 13.3. The van der Waals surface area contributed by atoms with Gasteiger partial charge < -0.3 is 9.63 Å². The van der Waals surface area contributed by atoms with Gasteiger partial charge in [-0.3, -0.25) is 14.5 Å². The number of benzene rings is 3. The summed E-state index contributed by atoms with van der Waals surface area (Å²) in [5.74, 6) is -1.00.